The Morgan fingerprint density at radius 1 is 1.36 bits per heavy atom. The van der Waals surface area contributed by atoms with Crippen molar-refractivity contribution < 1.29 is 0 Å². The second kappa shape index (κ2) is 4.12. The fourth-order valence-electron chi connectivity index (χ4n) is 1.05. The zero-order valence-corrected chi connectivity index (χ0v) is 11.0. The van der Waals surface area contributed by atoms with Crippen LogP contribution < -0.4 is 0 Å². The van der Waals surface area contributed by atoms with Gasteiger partial charge in [0.2, 0.25) is 0 Å². The molecule has 0 atom stereocenters. The van der Waals surface area contributed by atoms with Crippen LogP contribution in [0.3, 0.4) is 0 Å². The molecule has 1 aromatic carbocycles. The van der Waals surface area contributed by atoms with Crippen LogP contribution in [0.1, 0.15) is 5.56 Å². The molecule has 2 rings (SSSR count). The molecule has 0 aliphatic carbocycles. The average Bonchev–Trinajstić information content (AvgIpc) is 2.57. The van der Waals surface area contributed by atoms with Crippen molar-refractivity contribution in [3.05, 3.63) is 31.8 Å². The van der Waals surface area contributed by atoms with Crippen LogP contribution in [0.2, 0.25) is 5.02 Å². The van der Waals surface area contributed by atoms with Gasteiger partial charge in [-0.15, -0.1) is 10.2 Å². The third-order valence-electron chi connectivity index (χ3n) is 1.82. The molecule has 2 aromatic rings. The van der Waals surface area contributed by atoms with Crippen molar-refractivity contribution in [2.75, 3.05) is 0 Å². The van der Waals surface area contributed by atoms with Gasteiger partial charge in [0.15, 0.2) is 3.01 Å². The van der Waals surface area contributed by atoms with Gasteiger partial charge in [-0.3, -0.25) is 0 Å². The minimum Gasteiger partial charge on any atom is -0.137 e. The maximum absolute atomic E-state index is 6.03. The van der Waals surface area contributed by atoms with Crippen LogP contribution >= 0.6 is 45.5 Å². The molecule has 1 aromatic heterocycles. The van der Waals surface area contributed by atoms with Gasteiger partial charge < -0.3 is 0 Å². The van der Waals surface area contributed by atoms with Gasteiger partial charge in [0.1, 0.15) is 5.01 Å². The Kier molecular flexibility index (Phi) is 3.04. The van der Waals surface area contributed by atoms with E-state index in [1.807, 2.05) is 25.1 Å². The maximum atomic E-state index is 6.03. The smallest absolute Gasteiger partial charge is 0.137 e. The van der Waals surface area contributed by atoms with Crippen LogP contribution in [0.4, 0.5) is 0 Å². The Morgan fingerprint density at radius 2 is 2.14 bits per heavy atom. The van der Waals surface area contributed by atoms with E-state index in [-0.39, 0.29) is 0 Å². The molecule has 0 aliphatic rings. The highest BCUT2D eigenvalue weighted by molar-refractivity contribution is 14.1. The predicted octanol–water partition coefficient (Wildman–Crippen LogP) is 3.77. The summed E-state index contributed by atoms with van der Waals surface area (Å²) in [6.45, 7) is 1.98. The first-order valence-electron chi connectivity index (χ1n) is 3.92. The van der Waals surface area contributed by atoms with Crippen molar-refractivity contribution in [1.82, 2.24) is 10.2 Å². The van der Waals surface area contributed by atoms with Crippen molar-refractivity contribution in [1.29, 1.82) is 0 Å². The predicted molar refractivity (Wildman–Crippen MR) is 67.8 cm³/mol. The van der Waals surface area contributed by atoms with E-state index >= 15 is 0 Å². The Hall–Kier alpha value is -0.200. The second-order valence-corrected chi connectivity index (χ2v) is 5.96. The number of aryl methyl sites for hydroxylation is 1. The van der Waals surface area contributed by atoms with Crippen LogP contribution in [-0.2, 0) is 0 Å². The van der Waals surface area contributed by atoms with Crippen LogP contribution in [0.5, 0.6) is 0 Å². The topological polar surface area (TPSA) is 25.8 Å². The van der Waals surface area contributed by atoms with Crippen LogP contribution in [0, 0.1) is 9.94 Å². The lowest BCUT2D eigenvalue weighted by Gasteiger charge is -1.99. The second-order valence-electron chi connectivity index (χ2n) is 2.82. The Morgan fingerprint density at radius 3 is 2.71 bits per heavy atom. The number of aromatic nitrogens is 2. The number of hydrogen-bond donors (Lipinski definition) is 0. The molecule has 0 amide bonds. The maximum Gasteiger partial charge on any atom is 0.178 e. The summed E-state index contributed by atoms with van der Waals surface area (Å²) in [6.07, 6.45) is 0. The first-order chi connectivity index (χ1) is 6.66. The lowest BCUT2D eigenvalue weighted by molar-refractivity contribution is 1.07. The van der Waals surface area contributed by atoms with Gasteiger partial charge in [-0.25, -0.2) is 0 Å². The SMILES string of the molecule is Cc1ccc(-c2nnc(I)s2)cc1Cl. The molecule has 0 saturated heterocycles. The molecule has 0 aliphatic heterocycles. The van der Waals surface area contributed by atoms with E-state index < -0.39 is 0 Å². The molecule has 0 radical (unpaired) electrons. The first kappa shape index (κ1) is 10.3. The van der Waals surface area contributed by atoms with Gasteiger partial charge in [0.05, 0.1) is 0 Å². The standard InChI is InChI=1S/C9H6ClIN2S/c1-5-2-3-6(4-7(5)10)8-12-13-9(11)14-8/h2-4H,1H3. The third-order valence-corrected chi connectivity index (χ3v) is 3.86. The Bertz CT molecular complexity index is 470. The van der Waals surface area contributed by atoms with E-state index in [1.165, 1.54) is 0 Å². The fourth-order valence-corrected chi connectivity index (χ4v) is 2.53. The molecule has 2 nitrogen and oxygen atoms in total. The molecule has 0 unspecified atom stereocenters. The summed E-state index contributed by atoms with van der Waals surface area (Å²) in [5.74, 6) is 0. The summed E-state index contributed by atoms with van der Waals surface area (Å²) in [7, 11) is 0. The van der Waals surface area contributed by atoms with E-state index in [2.05, 4.69) is 32.8 Å². The molecular weight excluding hydrogens is 331 g/mol. The highest BCUT2D eigenvalue weighted by Crippen LogP contribution is 2.27. The van der Waals surface area contributed by atoms with Crippen LogP contribution in [-0.4, -0.2) is 10.2 Å². The molecule has 5 heteroatoms. The Balaban J connectivity index is 2.47. The minimum atomic E-state index is 0.771. The highest BCUT2D eigenvalue weighted by atomic mass is 127. The lowest BCUT2D eigenvalue weighted by atomic mass is 10.2. The number of halogens is 2. The van der Waals surface area contributed by atoms with E-state index in [0.29, 0.717) is 0 Å². The number of hydrogen-bond acceptors (Lipinski definition) is 3. The normalized spacial score (nSPS) is 10.5. The molecule has 14 heavy (non-hydrogen) atoms. The van der Waals surface area contributed by atoms with Gasteiger partial charge >= 0.3 is 0 Å². The van der Waals surface area contributed by atoms with Crippen molar-refractivity contribution >= 4 is 45.5 Å². The summed E-state index contributed by atoms with van der Waals surface area (Å²) in [4.78, 5) is 0. The molecule has 0 saturated carbocycles. The summed E-state index contributed by atoms with van der Waals surface area (Å²) >= 11 is 9.74. The van der Waals surface area contributed by atoms with E-state index in [0.717, 1.165) is 24.2 Å². The third kappa shape index (κ3) is 2.07. The van der Waals surface area contributed by atoms with E-state index in [4.69, 9.17) is 11.6 Å². The summed E-state index contributed by atoms with van der Waals surface area (Å²) < 4.78 is 0.939. The average molecular weight is 337 g/mol. The molecule has 1 heterocycles. The molecule has 0 spiro atoms. The van der Waals surface area contributed by atoms with Crippen molar-refractivity contribution in [3.8, 4) is 10.6 Å². The zero-order valence-electron chi connectivity index (χ0n) is 7.29. The van der Waals surface area contributed by atoms with E-state index in [9.17, 15) is 0 Å². The molecular formula is C9H6ClIN2S. The first-order valence-corrected chi connectivity index (χ1v) is 6.19. The lowest BCUT2D eigenvalue weighted by Crippen LogP contribution is -1.79. The molecule has 0 fully saturated rings. The van der Waals surface area contributed by atoms with Gasteiger partial charge in [-0.05, 0) is 41.1 Å². The quantitative estimate of drug-likeness (QED) is 0.741. The summed E-state index contributed by atoms with van der Waals surface area (Å²) in [6, 6.07) is 5.93. The zero-order chi connectivity index (χ0) is 10.1. The molecule has 0 N–H and O–H groups in total. The number of rotatable bonds is 1. The number of nitrogens with zero attached hydrogens (tertiary/aromatic N) is 2. The Labute approximate surface area is 104 Å². The minimum absolute atomic E-state index is 0.771. The van der Waals surface area contributed by atoms with Gasteiger partial charge in [0, 0.05) is 10.6 Å². The summed E-state index contributed by atoms with van der Waals surface area (Å²) in [5.41, 5.74) is 2.11. The highest BCUT2D eigenvalue weighted by Gasteiger charge is 2.05. The van der Waals surface area contributed by atoms with Gasteiger partial charge in [-0.2, -0.15) is 0 Å². The fraction of sp³-hybridized carbons (Fsp3) is 0.111. The summed E-state index contributed by atoms with van der Waals surface area (Å²) in [5, 5.41) is 9.70. The molecule has 0 bridgehead atoms. The van der Waals surface area contributed by atoms with Crippen molar-refractivity contribution in [2.24, 2.45) is 0 Å². The molecule has 72 valence electrons. The van der Waals surface area contributed by atoms with Crippen LogP contribution in [0.15, 0.2) is 18.2 Å². The number of benzene rings is 1. The van der Waals surface area contributed by atoms with Gasteiger partial charge in [0.25, 0.3) is 0 Å². The van der Waals surface area contributed by atoms with E-state index in [1.54, 1.807) is 11.3 Å². The monoisotopic (exact) mass is 336 g/mol. The largest absolute Gasteiger partial charge is 0.178 e. The van der Waals surface area contributed by atoms with Crippen molar-refractivity contribution in [2.45, 2.75) is 6.92 Å². The van der Waals surface area contributed by atoms with Crippen LogP contribution in [0.25, 0.3) is 10.6 Å². The van der Waals surface area contributed by atoms with Gasteiger partial charge in [-0.1, -0.05) is 35.1 Å². The van der Waals surface area contributed by atoms with Crippen molar-refractivity contribution in [3.63, 3.8) is 0 Å².